The number of nitro groups is 1. The Hall–Kier alpha value is -1.50. The topological polar surface area (TPSA) is 81.8 Å². The third-order valence-electron chi connectivity index (χ3n) is 2.40. The Morgan fingerprint density at radius 3 is 2.62 bits per heavy atom. The molecule has 86 valence electrons. The second-order valence-electron chi connectivity index (χ2n) is 3.49. The van der Waals surface area contributed by atoms with Gasteiger partial charge in [-0.15, -0.1) is 0 Å². The minimum atomic E-state index is -0.741. The van der Waals surface area contributed by atoms with Crippen LogP contribution in [-0.2, 0) is 9.47 Å². The quantitative estimate of drug-likeness (QED) is 0.599. The van der Waals surface area contributed by atoms with E-state index in [0.29, 0.717) is 5.56 Å². The van der Waals surface area contributed by atoms with E-state index >= 15 is 0 Å². The standard InChI is InChI=1S/C10H11NO5/c12-9-5-15-6-16-10(9)7-1-3-8(4-2-7)11(13)14/h1-4,9-10,12H,5-6H2/t9-,10-/m0/s1. The van der Waals surface area contributed by atoms with Crippen LogP contribution in [0.4, 0.5) is 5.69 Å². The zero-order chi connectivity index (χ0) is 11.5. The van der Waals surface area contributed by atoms with Gasteiger partial charge in [-0.1, -0.05) is 0 Å². The van der Waals surface area contributed by atoms with Gasteiger partial charge in [-0.3, -0.25) is 10.1 Å². The van der Waals surface area contributed by atoms with Crippen molar-refractivity contribution in [1.29, 1.82) is 0 Å². The Balaban J connectivity index is 2.17. The predicted molar refractivity (Wildman–Crippen MR) is 53.7 cm³/mol. The molecule has 0 amide bonds. The minimum absolute atomic E-state index is 0.0188. The minimum Gasteiger partial charge on any atom is -0.388 e. The normalized spacial score (nSPS) is 25.3. The lowest BCUT2D eigenvalue weighted by atomic mass is 10.0. The number of aliphatic hydroxyl groups is 1. The first-order valence-electron chi connectivity index (χ1n) is 4.80. The Kier molecular flexibility index (Phi) is 3.14. The molecule has 1 fully saturated rings. The molecule has 1 N–H and O–H groups in total. The second kappa shape index (κ2) is 4.56. The van der Waals surface area contributed by atoms with Gasteiger partial charge < -0.3 is 14.6 Å². The molecule has 0 radical (unpaired) electrons. The van der Waals surface area contributed by atoms with Crippen molar-refractivity contribution < 1.29 is 19.5 Å². The maximum absolute atomic E-state index is 10.5. The largest absolute Gasteiger partial charge is 0.388 e. The van der Waals surface area contributed by atoms with Crippen molar-refractivity contribution in [2.24, 2.45) is 0 Å². The second-order valence-corrected chi connectivity index (χ2v) is 3.49. The molecular weight excluding hydrogens is 214 g/mol. The van der Waals surface area contributed by atoms with Crippen LogP contribution in [0.25, 0.3) is 0 Å². The van der Waals surface area contributed by atoms with Gasteiger partial charge in [0, 0.05) is 12.1 Å². The Bertz CT molecular complexity index is 377. The number of nitrogens with zero attached hydrogens (tertiary/aromatic N) is 1. The lowest BCUT2D eigenvalue weighted by molar-refractivity contribution is -0.384. The van der Waals surface area contributed by atoms with Crippen LogP contribution in [0.5, 0.6) is 0 Å². The van der Waals surface area contributed by atoms with E-state index in [1.54, 1.807) is 12.1 Å². The molecule has 2 rings (SSSR count). The van der Waals surface area contributed by atoms with Crippen molar-refractivity contribution in [2.75, 3.05) is 13.4 Å². The molecule has 1 aromatic rings. The van der Waals surface area contributed by atoms with Crippen molar-refractivity contribution in [1.82, 2.24) is 0 Å². The smallest absolute Gasteiger partial charge is 0.269 e. The average molecular weight is 225 g/mol. The van der Waals surface area contributed by atoms with Gasteiger partial charge in [-0.25, -0.2) is 0 Å². The number of aliphatic hydroxyl groups excluding tert-OH is 1. The summed E-state index contributed by atoms with van der Waals surface area (Å²) in [5, 5.41) is 20.1. The Labute approximate surface area is 91.6 Å². The highest BCUT2D eigenvalue weighted by atomic mass is 16.7. The highest BCUT2D eigenvalue weighted by molar-refractivity contribution is 5.34. The van der Waals surface area contributed by atoms with Crippen molar-refractivity contribution in [2.45, 2.75) is 12.2 Å². The molecule has 1 aliphatic rings. The maximum atomic E-state index is 10.5. The zero-order valence-corrected chi connectivity index (χ0v) is 8.41. The van der Waals surface area contributed by atoms with Gasteiger partial charge in [0.25, 0.3) is 5.69 Å². The van der Waals surface area contributed by atoms with Crippen LogP contribution in [0.15, 0.2) is 24.3 Å². The van der Waals surface area contributed by atoms with Crippen LogP contribution >= 0.6 is 0 Å². The molecule has 0 unspecified atom stereocenters. The summed E-state index contributed by atoms with van der Waals surface area (Å²) in [6, 6.07) is 5.94. The van der Waals surface area contributed by atoms with Crippen LogP contribution in [0.1, 0.15) is 11.7 Å². The first-order valence-corrected chi connectivity index (χ1v) is 4.80. The van der Waals surface area contributed by atoms with E-state index in [1.165, 1.54) is 12.1 Å². The molecule has 0 spiro atoms. The highest BCUT2D eigenvalue weighted by Gasteiger charge is 2.26. The SMILES string of the molecule is O=[N+]([O-])c1ccc([C@@H]2OCOC[C@@H]2O)cc1. The van der Waals surface area contributed by atoms with E-state index in [2.05, 4.69) is 0 Å². The van der Waals surface area contributed by atoms with Gasteiger partial charge in [-0.2, -0.15) is 0 Å². The van der Waals surface area contributed by atoms with Gasteiger partial charge in [-0.05, 0) is 17.7 Å². The first kappa shape index (κ1) is 11.0. The molecule has 6 heteroatoms. The molecule has 1 aromatic carbocycles. The first-order chi connectivity index (χ1) is 7.68. The van der Waals surface area contributed by atoms with Crippen LogP contribution in [0.2, 0.25) is 0 Å². The fourth-order valence-corrected chi connectivity index (χ4v) is 1.59. The summed E-state index contributed by atoms with van der Waals surface area (Å²) in [4.78, 5) is 9.99. The fourth-order valence-electron chi connectivity index (χ4n) is 1.59. The van der Waals surface area contributed by atoms with Crippen LogP contribution in [0, 0.1) is 10.1 Å². The number of nitro benzene ring substituents is 1. The fraction of sp³-hybridized carbons (Fsp3) is 0.400. The van der Waals surface area contributed by atoms with E-state index < -0.39 is 17.1 Å². The van der Waals surface area contributed by atoms with E-state index in [9.17, 15) is 15.2 Å². The van der Waals surface area contributed by atoms with Crippen molar-refractivity contribution >= 4 is 5.69 Å². The molecule has 1 saturated heterocycles. The summed E-state index contributed by atoms with van der Waals surface area (Å²) in [6.45, 7) is 0.334. The molecule has 0 aromatic heterocycles. The molecule has 6 nitrogen and oxygen atoms in total. The Morgan fingerprint density at radius 1 is 1.38 bits per heavy atom. The third-order valence-corrected chi connectivity index (χ3v) is 2.40. The summed E-state index contributed by atoms with van der Waals surface area (Å²) in [5.41, 5.74) is 0.728. The zero-order valence-electron chi connectivity index (χ0n) is 8.41. The Morgan fingerprint density at radius 2 is 2.06 bits per heavy atom. The summed E-state index contributed by atoms with van der Waals surface area (Å²) in [7, 11) is 0. The van der Waals surface area contributed by atoms with Gasteiger partial charge in [0.1, 0.15) is 19.0 Å². The van der Waals surface area contributed by atoms with E-state index in [1.807, 2.05) is 0 Å². The lowest BCUT2D eigenvalue weighted by Crippen LogP contribution is -2.32. The summed E-state index contributed by atoms with van der Waals surface area (Å²) in [5.74, 6) is 0. The number of ether oxygens (including phenoxy) is 2. The molecular formula is C10H11NO5. The van der Waals surface area contributed by atoms with Crippen molar-refractivity contribution in [3.05, 3.63) is 39.9 Å². The summed E-state index contributed by atoms with van der Waals surface area (Å²) < 4.78 is 10.1. The van der Waals surface area contributed by atoms with Crippen LogP contribution < -0.4 is 0 Å². The molecule has 16 heavy (non-hydrogen) atoms. The lowest BCUT2D eigenvalue weighted by Gasteiger charge is -2.28. The van der Waals surface area contributed by atoms with Gasteiger partial charge in [0.15, 0.2) is 0 Å². The molecule has 0 saturated carbocycles. The molecule has 1 aliphatic heterocycles. The number of hydrogen-bond donors (Lipinski definition) is 1. The summed E-state index contributed by atoms with van der Waals surface area (Å²) >= 11 is 0. The number of hydrogen-bond acceptors (Lipinski definition) is 5. The maximum Gasteiger partial charge on any atom is 0.269 e. The average Bonchev–Trinajstić information content (AvgIpc) is 2.30. The van der Waals surface area contributed by atoms with Crippen LogP contribution in [-0.4, -0.2) is 29.5 Å². The van der Waals surface area contributed by atoms with Gasteiger partial charge >= 0.3 is 0 Å². The van der Waals surface area contributed by atoms with Crippen LogP contribution in [0.3, 0.4) is 0 Å². The van der Waals surface area contributed by atoms with Crippen molar-refractivity contribution in [3.8, 4) is 0 Å². The predicted octanol–water partition coefficient (Wildman–Crippen LogP) is 1.00. The van der Waals surface area contributed by atoms with Gasteiger partial charge in [0.05, 0.1) is 11.5 Å². The summed E-state index contributed by atoms with van der Waals surface area (Å²) in [6.07, 6.45) is -1.22. The third kappa shape index (κ3) is 2.19. The van der Waals surface area contributed by atoms with Gasteiger partial charge in [0.2, 0.25) is 0 Å². The van der Waals surface area contributed by atoms with E-state index in [4.69, 9.17) is 9.47 Å². The number of benzene rings is 1. The molecule has 0 aliphatic carbocycles. The van der Waals surface area contributed by atoms with Crippen molar-refractivity contribution in [3.63, 3.8) is 0 Å². The molecule has 1 heterocycles. The number of rotatable bonds is 2. The van der Waals surface area contributed by atoms with E-state index in [-0.39, 0.29) is 19.1 Å². The molecule has 0 bridgehead atoms. The number of non-ortho nitro benzene ring substituents is 1. The van der Waals surface area contributed by atoms with E-state index in [0.717, 1.165) is 0 Å². The molecule has 2 atom stereocenters. The monoisotopic (exact) mass is 225 g/mol. The highest BCUT2D eigenvalue weighted by Crippen LogP contribution is 2.26.